The Morgan fingerprint density at radius 3 is 2.36 bits per heavy atom. The molecule has 1 aliphatic heterocycles. The van der Waals surface area contributed by atoms with Crippen molar-refractivity contribution in [1.29, 1.82) is 0 Å². The quantitative estimate of drug-likeness (QED) is 0.868. The number of aliphatic imine (C=N–C) groups is 1. The second-order valence-electron chi connectivity index (χ2n) is 5.31. The van der Waals surface area contributed by atoms with Gasteiger partial charge in [0, 0.05) is 13.0 Å². The summed E-state index contributed by atoms with van der Waals surface area (Å²) in [5.41, 5.74) is 1.65. The molecule has 3 rings (SSSR count). The summed E-state index contributed by atoms with van der Waals surface area (Å²) in [6.07, 6.45) is -0.812. The zero-order valence-electron chi connectivity index (χ0n) is 12.5. The van der Waals surface area contributed by atoms with Gasteiger partial charge in [0.2, 0.25) is 15.2 Å². The molecule has 2 unspecified atom stereocenters. The first-order valence-corrected chi connectivity index (χ1v) is 8.37. The van der Waals surface area contributed by atoms with Gasteiger partial charge in [-0.3, -0.25) is 0 Å². The van der Waals surface area contributed by atoms with Crippen molar-refractivity contribution < 1.29 is 17.7 Å². The van der Waals surface area contributed by atoms with Gasteiger partial charge < -0.3 is 9.26 Å². The molecule has 0 amide bonds. The van der Waals surface area contributed by atoms with Crippen molar-refractivity contribution in [3.8, 4) is 0 Å². The minimum Gasteiger partial charge on any atom is -0.466 e. The van der Waals surface area contributed by atoms with Crippen molar-refractivity contribution in [3.05, 3.63) is 47.3 Å². The average Bonchev–Trinajstić information content (AvgIpc) is 3.05. The molecule has 1 aromatic carbocycles. The molecule has 0 saturated carbocycles. The van der Waals surface area contributed by atoms with Crippen LogP contribution in [-0.2, 0) is 14.6 Å². The first-order chi connectivity index (χ1) is 10.4. The number of rotatable bonds is 3. The van der Waals surface area contributed by atoms with Gasteiger partial charge in [-0.15, -0.1) is 0 Å². The Morgan fingerprint density at radius 1 is 1.09 bits per heavy atom. The van der Waals surface area contributed by atoms with E-state index in [-0.39, 0.29) is 4.90 Å². The zero-order valence-corrected chi connectivity index (χ0v) is 13.3. The van der Waals surface area contributed by atoms with Crippen LogP contribution in [-0.4, -0.2) is 24.8 Å². The van der Waals surface area contributed by atoms with E-state index in [1.54, 1.807) is 44.2 Å². The van der Waals surface area contributed by atoms with Gasteiger partial charge in [0.25, 0.3) is 0 Å². The number of ether oxygens (including phenoxy) is 1. The molecule has 7 heteroatoms. The van der Waals surface area contributed by atoms with E-state index in [4.69, 9.17) is 9.26 Å². The Balaban J connectivity index is 2.01. The lowest BCUT2D eigenvalue weighted by atomic mass is 10.2. The summed E-state index contributed by atoms with van der Waals surface area (Å²) in [5.74, 6) is 0.679. The summed E-state index contributed by atoms with van der Waals surface area (Å²) in [7, 11) is -3.68. The second kappa shape index (κ2) is 5.24. The third-order valence-electron chi connectivity index (χ3n) is 3.46. The number of aryl methyl sites for hydroxylation is 2. The summed E-state index contributed by atoms with van der Waals surface area (Å²) in [5, 5.41) is 2.72. The molecular weight excluding hydrogens is 304 g/mol. The summed E-state index contributed by atoms with van der Waals surface area (Å²) in [4.78, 5) is 4.36. The van der Waals surface area contributed by atoms with Crippen LogP contribution in [0.15, 0.2) is 44.7 Å². The molecule has 1 aromatic heterocycles. The van der Waals surface area contributed by atoms with Crippen molar-refractivity contribution in [2.24, 2.45) is 4.99 Å². The fourth-order valence-electron chi connectivity index (χ4n) is 2.33. The van der Waals surface area contributed by atoms with E-state index in [1.807, 2.05) is 6.92 Å². The third-order valence-corrected chi connectivity index (χ3v) is 5.38. The van der Waals surface area contributed by atoms with Gasteiger partial charge in [0.15, 0.2) is 17.8 Å². The van der Waals surface area contributed by atoms with Gasteiger partial charge in [-0.25, -0.2) is 13.4 Å². The molecule has 0 spiro atoms. The lowest BCUT2D eigenvalue weighted by Gasteiger charge is -2.15. The Kier molecular flexibility index (Phi) is 3.52. The molecule has 0 saturated heterocycles. The minimum absolute atomic E-state index is 0.214. The van der Waals surface area contributed by atoms with Crippen LogP contribution in [0.4, 0.5) is 0 Å². The molecule has 0 N–H and O–H groups in total. The highest BCUT2D eigenvalue weighted by Crippen LogP contribution is 2.35. The van der Waals surface area contributed by atoms with Crippen molar-refractivity contribution in [2.75, 3.05) is 0 Å². The highest BCUT2D eigenvalue weighted by molar-refractivity contribution is 7.92. The molecule has 6 nitrogen and oxygen atoms in total. The third kappa shape index (κ3) is 2.52. The van der Waals surface area contributed by atoms with Crippen molar-refractivity contribution in [3.63, 3.8) is 0 Å². The van der Waals surface area contributed by atoms with Crippen molar-refractivity contribution in [1.82, 2.24) is 5.16 Å². The number of nitrogens with zero attached hydrogens (tertiary/aromatic N) is 2. The van der Waals surface area contributed by atoms with Gasteiger partial charge in [0.1, 0.15) is 0 Å². The fraction of sp³-hybridized carbons (Fsp3) is 0.333. The van der Waals surface area contributed by atoms with Crippen LogP contribution in [0, 0.1) is 13.8 Å². The topological polar surface area (TPSA) is 81.8 Å². The predicted molar refractivity (Wildman–Crippen MR) is 80.3 cm³/mol. The van der Waals surface area contributed by atoms with Gasteiger partial charge in [0.05, 0.1) is 10.6 Å². The molecule has 1 aliphatic rings. The maximum absolute atomic E-state index is 12.8. The van der Waals surface area contributed by atoms with Gasteiger partial charge >= 0.3 is 0 Å². The largest absolute Gasteiger partial charge is 0.466 e. The molecule has 2 aromatic rings. The molecule has 0 bridgehead atoms. The molecule has 0 aliphatic carbocycles. The van der Waals surface area contributed by atoms with Crippen molar-refractivity contribution >= 4 is 15.7 Å². The van der Waals surface area contributed by atoms with Crippen LogP contribution in [0.1, 0.15) is 30.0 Å². The zero-order chi connectivity index (χ0) is 15.9. The molecular formula is C15H16N2O4S. The maximum atomic E-state index is 12.8. The number of sulfone groups is 1. The monoisotopic (exact) mass is 320 g/mol. The smallest absolute Gasteiger partial charge is 0.205 e. The van der Waals surface area contributed by atoms with Gasteiger partial charge in [-0.2, -0.15) is 0 Å². The Labute approximate surface area is 128 Å². The van der Waals surface area contributed by atoms with Crippen LogP contribution in [0.3, 0.4) is 0 Å². The Hall–Kier alpha value is -2.15. The summed E-state index contributed by atoms with van der Waals surface area (Å²) >= 11 is 0. The number of aromatic nitrogens is 1. The van der Waals surface area contributed by atoms with Crippen LogP contribution in [0.25, 0.3) is 0 Å². The SMILES string of the molecule is CC1=NC(S(=O)(=O)c2ccc(C)cc2)C(c2cc(C)no2)O1. The number of benzene rings is 1. The number of hydrogen-bond acceptors (Lipinski definition) is 6. The van der Waals surface area contributed by atoms with Crippen LogP contribution in [0.5, 0.6) is 0 Å². The summed E-state index contributed by atoms with van der Waals surface area (Å²) < 4.78 is 36.4. The average molecular weight is 320 g/mol. The highest BCUT2D eigenvalue weighted by atomic mass is 32.2. The van der Waals surface area contributed by atoms with Crippen molar-refractivity contribution in [2.45, 2.75) is 37.1 Å². The minimum atomic E-state index is -3.68. The maximum Gasteiger partial charge on any atom is 0.205 e. The molecule has 0 fully saturated rings. The normalized spacial score (nSPS) is 21.5. The Bertz CT molecular complexity index is 821. The number of hydrogen-bond donors (Lipinski definition) is 0. The van der Waals surface area contributed by atoms with E-state index in [0.717, 1.165) is 5.56 Å². The van der Waals surface area contributed by atoms with Crippen LogP contribution < -0.4 is 0 Å². The first-order valence-electron chi connectivity index (χ1n) is 6.83. The van der Waals surface area contributed by atoms with Gasteiger partial charge in [-0.05, 0) is 26.0 Å². The lowest BCUT2D eigenvalue weighted by molar-refractivity contribution is 0.171. The first kappa shape index (κ1) is 14.8. The summed E-state index contributed by atoms with van der Waals surface area (Å²) in [6, 6.07) is 8.34. The van der Waals surface area contributed by atoms with E-state index in [0.29, 0.717) is 17.4 Å². The Morgan fingerprint density at radius 2 is 1.77 bits per heavy atom. The standard InChI is InChI=1S/C15H16N2O4S/c1-9-4-6-12(7-5-9)22(18,19)15-14(20-11(3)16-15)13-8-10(2)17-21-13/h4-8,14-15H,1-3H3. The molecule has 0 radical (unpaired) electrons. The molecule has 2 heterocycles. The highest BCUT2D eigenvalue weighted by Gasteiger charge is 2.43. The fourth-order valence-corrected chi connectivity index (χ4v) is 3.93. The predicted octanol–water partition coefficient (Wildman–Crippen LogP) is 2.58. The van der Waals surface area contributed by atoms with E-state index in [9.17, 15) is 8.42 Å². The van der Waals surface area contributed by atoms with E-state index >= 15 is 0 Å². The van der Waals surface area contributed by atoms with Crippen LogP contribution in [0.2, 0.25) is 0 Å². The van der Waals surface area contributed by atoms with Crippen LogP contribution >= 0.6 is 0 Å². The summed E-state index contributed by atoms with van der Waals surface area (Å²) in [6.45, 7) is 5.29. The van der Waals surface area contributed by atoms with E-state index in [1.165, 1.54) is 0 Å². The molecule has 116 valence electrons. The second-order valence-corrected chi connectivity index (χ2v) is 7.35. The van der Waals surface area contributed by atoms with E-state index < -0.39 is 21.3 Å². The molecule has 2 atom stereocenters. The van der Waals surface area contributed by atoms with E-state index in [2.05, 4.69) is 10.1 Å². The lowest BCUT2D eigenvalue weighted by Crippen LogP contribution is -2.24. The molecule has 22 heavy (non-hydrogen) atoms. The van der Waals surface area contributed by atoms with Gasteiger partial charge in [-0.1, -0.05) is 22.9 Å².